The summed E-state index contributed by atoms with van der Waals surface area (Å²) in [5, 5.41) is 190. The van der Waals surface area contributed by atoms with E-state index in [1.165, 1.54) is 30.3 Å². The number of aromatic hydroxyl groups is 4. The van der Waals surface area contributed by atoms with Gasteiger partial charge in [-0.25, -0.2) is 4.79 Å². The molecule has 8 amide bonds. The van der Waals surface area contributed by atoms with Crippen LogP contribution >= 0.6 is 23.2 Å². The van der Waals surface area contributed by atoms with Gasteiger partial charge in [-0.15, -0.1) is 0 Å². The highest BCUT2D eigenvalue weighted by Gasteiger charge is 2.52. The molecule has 3 saturated heterocycles. The predicted molar refractivity (Wildman–Crippen MR) is 453 cm³/mol. The molecule has 3 fully saturated rings. The second kappa shape index (κ2) is 40.6. The Kier molecular flexibility index (Phi) is 29.5. The molecular formula is C88H97Cl2N9O33. The lowest BCUT2D eigenvalue weighted by Crippen LogP contribution is -2.65. The number of carbonyl (C=O) groups is 9. The lowest BCUT2D eigenvalue weighted by molar-refractivity contribution is -0.284. The summed E-state index contributed by atoms with van der Waals surface area (Å²) in [4.78, 5) is 138. The van der Waals surface area contributed by atoms with E-state index in [0.717, 1.165) is 111 Å². The largest absolute Gasteiger partial charge is 0.508 e. The topological polar surface area (TPSA) is 662 Å². The highest BCUT2D eigenvalue weighted by molar-refractivity contribution is 6.32. The predicted octanol–water partition coefficient (Wildman–Crippen LogP) is 1.02. The van der Waals surface area contributed by atoms with Gasteiger partial charge in [-0.1, -0.05) is 87.0 Å². The van der Waals surface area contributed by atoms with E-state index in [-0.39, 0.29) is 39.8 Å². The van der Waals surface area contributed by atoms with Crippen molar-refractivity contribution in [3.05, 3.63) is 164 Å². The maximum Gasteiger partial charge on any atom is 0.330 e. The number of rotatable bonds is 19. The lowest BCUT2D eigenvalue weighted by atomic mass is 9.89. The van der Waals surface area contributed by atoms with Gasteiger partial charge in [0.25, 0.3) is 0 Å². The van der Waals surface area contributed by atoms with Crippen molar-refractivity contribution in [3.63, 3.8) is 0 Å². The number of aliphatic hydroxyl groups is 10. The number of phenols is 4. The van der Waals surface area contributed by atoms with Gasteiger partial charge in [0.2, 0.25) is 65.6 Å². The van der Waals surface area contributed by atoms with Crippen LogP contribution in [0.15, 0.2) is 115 Å². The van der Waals surface area contributed by atoms with E-state index in [4.69, 9.17) is 71.6 Å². The van der Waals surface area contributed by atoms with Crippen LogP contribution in [0.25, 0.3) is 11.1 Å². The fraction of sp³-hybridized carbons (Fsp3) is 0.420. The highest BCUT2D eigenvalue weighted by Crippen LogP contribution is 2.51. The molecule has 0 saturated carbocycles. The number of nitrogens with one attached hydrogen (secondary N) is 8. The standard InChI is InChI=1S/C88H97Cl2N9O33/c1-33(2)8-6-4-5-7-9-60(108)94-68-74(113)71(110)58(31-101)129-87(68)132-78-55-25-40-26-56(78)126-52-17-13-38(23-47(52)90)77(131-86-67(92-34(3)103)73(112)70(109)57(30-100)128-86)69-84(121)98-66(85(122)123)45-28-42(105)29-54(127-88-76(115)75(114)72(111)59(32-102)130-88)61(45)44-22-37(12-14-49(44)106)63(81(118)99-69)96-83(120)65(40)97-82(119)64-39-20-41(104)27-43(21-39)124-53-24-36(11-15-50(53)107)62(91)80(117)93-48(79(116)95-64)19-35-10-16-51(125-55)46(89)18-35/h10-18,20-29,33,48,57-59,62-77,86-88,100-102,104-107,109-115H,4-9,19,30-32,91H2,1-3H3,(H,92,103)(H,93,117)(H,94,108)(H,95,116)(H,96,120)(H,97,119)(H,98,121)(H,99,118)(H,122,123)/t48-,57-,58+,59-,62-,63-,64+,65-,66+,67-,68+,69+,70-,71+,72-,73-,74+,75+,76+,77-,86+,87+,88+/m1/s1. The van der Waals surface area contributed by atoms with Crippen LogP contribution in [-0.2, 0) is 68.5 Å². The Bertz CT molecular complexity index is 5560. The molecule has 16 rings (SSSR count). The van der Waals surface area contributed by atoms with Crippen LogP contribution in [0.2, 0.25) is 10.0 Å². The zero-order valence-electron chi connectivity index (χ0n) is 70.3. The summed E-state index contributed by atoms with van der Waals surface area (Å²) in [6, 6.07) is 0.658. The van der Waals surface area contributed by atoms with E-state index in [9.17, 15) is 95.8 Å². The molecule has 7 aromatic carbocycles. The summed E-state index contributed by atoms with van der Waals surface area (Å²) in [6.07, 6.45) is -25.9. The average Bonchev–Trinajstić information content (AvgIpc) is 0.748. The summed E-state index contributed by atoms with van der Waals surface area (Å²) in [5.41, 5.74) is 2.79. The number of unbranched alkanes of at least 4 members (excludes halogenated alkanes) is 3. The fourth-order valence-electron chi connectivity index (χ4n) is 16.5. The van der Waals surface area contributed by atoms with E-state index in [0.29, 0.717) is 18.8 Å². The minimum absolute atomic E-state index is 0.0267. The SMILES string of the molecule is CC(=O)N[C@H]1[C@H](O[C@@H]2c3ccc(c(Cl)c3)Oc3cc4cc(c3O[C@@H]3O[C@@H](CO)[C@H](O)[C@@H](O)[C@@H]3NC(=O)CCCCCCC(C)C)Oc3ccc(cc3Cl)C[C@H]3NC(=O)[C@H](N)c5ccc(O)c(c5)Oc5cc(O)cc(c5)[C@H](NC3=O)C(=O)N[C@H]4C(=O)N[C@H]3C(=O)N[C@@H]2C(=O)N[C@H](C(=O)O)c2cc(O)cc(O[C@H]4O[C@H](CO)[C@@H](O)[C@H](O)[C@@H]4O)c2-c2cc3ccc2O)O[C@H](CO)[C@@H](O)[C@@H]1O. The van der Waals surface area contributed by atoms with Gasteiger partial charge >= 0.3 is 5.97 Å². The number of carbonyl (C=O) groups excluding carboxylic acids is 8. The molecule has 9 heterocycles. The van der Waals surface area contributed by atoms with Crippen molar-refractivity contribution in [3.8, 4) is 80.1 Å². The summed E-state index contributed by atoms with van der Waals surface area (Å²) < 4.78 is 57.5. The third-order valence-electron chi connectivity index (χ3n) is 23.4. The van der Waals surface area contributed by atoms with E-state index < -0.39 is 316 Å². The van der Waals surface area contributed by atoms with Gasteiger partial charge in [0.1, 0.15) is 156 Å². The monoisotopic (exact) mass is 1880 g/mol. The van der Waals surface area contributed by atoms with E-state index in [1.807, 2.05) is 0 Å². The van der Waals surface area contributed by atoms with Crippen LogP contribution in [0.5, 0.6) is 69.0 Å². The minimum atomic E-state index is -2.59. The number of phenolic OH excluding ortho intramolecular Hbond substituents is 4. The van der Waals surface area contributed by atoms with Gasteiger partial charge in [0.15, 0.2) is 35.3 Å². The number of aliphatic hydroxyl groups excluding tert-OH is 10. The molecule has 7 aromatic rings. The number of amides is 8. The van der Waals surface area contributed by atoms with Gasteiger partial charge in [-0.2, -0.15) is 0 Å². The second-order valence-electron chi connectivity index (χ2n) is 33.2. The van der Waals surface area contributed by atoms with Crippen molar-refractivity contribution in [2.75, 3.05) is 19.8 Å². The summed E-state index contributed by atoms with van der Waals surface area (Å²) in [7, 11) is 0. The van der Waals surface area contributed by atoms with Crippen molar-refractivity contribution in [1.29, 1.82) is 0 Å². The molecule has 0 spiro atoms. The lowest BCUT2D eigenvalue weighted by Gasteiger charge is -2.44. The summed E-state index contributed by atoms with van der Waals surface area (Å²) >= 11 is 14.7. The fourth-order valence-corrected chi connectivity index (χ4v) is 16.9. The van der Waals surface area contributed by atoms with Crippen LogP contribution in [0.1, 0.15) is 135 Å². The number of aliphatic carboxylic acids is 1. The van der Waals surface area contributed by atoms with Gasteiger partial charge in [0.05, 0.1) is 29.9 Å². The maximum atomic E-state index is 17.0. The van der Waals surface area contributed by atoms with Crippen LogP contribution in [0, 0.1) is 5.92 Å². The molecule has 42 nitrogen and oxygen atoms in total. The van der Waals surface area contributed by atoms with Crippen molar-refractivity contribution in [1.82, 2.24) is 42.5 Å². The van der Waals surface area contributed by atoms with Gasteiger partial charge in [0, 0.05) is 48.6 Å². The number of hydrogen-bond acceptors (Lipinski definition) is 33. The molecule has 0 aliphatic carbocycles. The Morgan fingerprint density at radius 3 is 1.68 bits per heavy atom. The number of benzene rings is 7. The number of carboxylic acids is 1. The molecule has 0 aromatic heterocycles. The molecule has 0 radical (unpaired) electrons. The molecule has 44 heteroatoms. The van der Waals surface area contributed by atoms with Crippen molar-refractivity contribution < 1.29 is 162 Å². The molecule has 0 unspecified atom stereocenters. The molecule has 17 bridgehead atoms. The molecule has 9 aliphatic rings. The minimum Gasteiger partial charge on any atom is -0.508 e. The molecule has 132 heavy (non-hydrogen) atoms. The Labute approximate surface area is 759 Å². The van der Waals surface area contributed by atoms with E-state index >= 15 is 24.0 Å². The zero-order valence-corrected chi connectivity index (χ0v) is 71.8. The number of ether oxygens (including phenoxy) is 9. The van der Waals surface area contributed by atoms with E-state index in [2.05, 4.69) is 56.4 Å². The highest BCUT2D eigenvalue weighted by atomic mass is 35.5. The Hall–Kier alpha value is -12.0. The number of halogens is 2. The number of nitrogens with two attached hydrogens (primary N) is 1. The van der Waals surface area contributed by atoms with Crippen LogP contribution in [0.3, 0.4) is 0 Å². The Morgan fingerprint density at radius 2 is 1.05 bits per heavy atom. The van der Waals surface area contributed by atoms with Crippen LogP contribution < -0.4 is 72.0 Å². The summed E-state index contributed by atoms with van der Waals surface area (Å²) in [6.45, 7) is 1.97. The Morgan fingerprint density at radius 1 is 0.500 bits per heavy atom. The first-order valence-corrected chi connectivity index (χ1v) is 42.7. The zero-order chi connectivity index (χ0) is 94.9. The number of carboxylic acid groups (broad SMARTS) is 1. The van der Waals surface area contributed by atoms with Gasteiger partial charge in [-0.05, 0) is 125 Å². The average molecular weight is 1880 g/mol. The third-order valence-corrected chi connectivity index (χ3v) is 24.0. The molecule has 23 atom stereocenters. The van der Waals surface area contributed by atoms with Crippen molar-refractivity contribution >= 4 is 76.4 Å². The quantitative estimate of drug-likeness (QED) is 0.0503. The molecule has 9 aliphatic heterocycles. The Balaban J connectivity index is 1.04. The number of fused-ring (bicyclic) bond motifs is 14. The van der Waals surface area contributed by atoms with Crippen molar-refractivity contribution in [2.45, 2.75) is 206 Å². The first kappa shape index (κ1) is 96.0. The number of hydrogen-bond donors (Lipinski definition) is 24. The first-order chi connectivity index (χ1) is 62.9. The van der Waals surface area contributed by atoms with Crippen molar-refractivity contribution in [2.24, 2.45) is 11.7 Å². The van der Waals surface area contributed by atoms with Crippen LogP contribution in [-0.4, -0.2) is 254 Å². The normalized spacial score (nSPS) is 28.9. The summed E-state index contributed by atoms with van der Waals surface area (Å²) in [5.74, 6) is -19.2. The molecular weight excluding hydrogens is 1780 g/mol. The third kappa shape index (κ3) is 20.7. The molecule has 706 valence electrons. The van der Waals surface area contributed by atoms with Gasteiger partial charge in [-0.3, -0.25) is 38.4 Å². The first-order valence-electron chi connectivity index (χ1n) is 42.0. The maximum absolute atomic E-state index is 17.0. The van der Waals surface area contributed by atoms with Crippen LogP contribution in [0.4, 0.5) is 0 Å². The second-order valence-corrected chi connectivity index (χ2v) is 34.0. The van der Waals surface area contributed by atoms with Gasteiger partial charge < -0.3 is 167 Å². The smallest absolute Gasteiger partial charge is 0.330 e. The molecule has 25 N–H and O–H groups in total. The van der Waals surface area contributed by atoms with E-state index in [1.54, 1.807) is 0 Å².